The van der Waals surface area contributed by atoms with E-state index in [-0.39, 0.29) is 5.91 Å². The highest BCUT2D eigenvalue weighted by Gasteiger charge is 2.23. The summed E-state index contributed by atoms with van der Waals surface area (Å²) in [7, 11) is 0. The summed E-state index contributed by atoms with van der Waals surface area (Å²) in [6.07, 6.45) is 3.56. The van der Waals surface area contributed by atoms with Gasteiger partial charge in [0.05, 0.1) is 6.20 Å². The van der Waals surface area contributed by atoms with E-state index in [9.17, 15) is 4.79 Å². The summed E-state index contributed by atoms with van der Waals surface area (Å²) < 4.78 is 0. The van der Waals surface area contributed by atoms with Crippen LogP contribution in [-0.4, -0.2) is 83.3 Å². The third-order valence-electron chi connectivity index (χ3n) is 5.12. The van der Waals surface area contributed by atoms with Crippen molar-refractivity contribution in [2.75, 3.05) is 67.1 Å². The molecule has 2 saturated heterocycles. The minimum atomic E-state index is 0.119. The van der Waals surface area contributed by atoms with Gasteiger partial charge in [-0.15, -0.1) is 5.10 Å². The van der Waals surface area contributed by atoms with Crippen LogP contribution in [0.4, 0.5) is 17.6 Å². The first-order valence-electron chi connectivity index (χ1n) is 9.32. The molecule has 9 heteroatoms. The quantitative estimate of drug-likeness (QED) is 0.763. The number of carbonyl (C=O) groups is 1. The predicted molar refractivity (Wildman–Crippen MR) is 103 cm³/mol. The molecule has 4 heterocycles. The molecule has 0 unspecified atom stereocenters. The standard InChI is InChI=1S/C18H24N8O/c1-15(27)23-6-12-26(13-7-23)18-21-17(14-20-22-18)25-10-8-24(9-11-25)16-4-2-3-5-19-16/h2-5,14H,6-13H2,1H3. The Morgan fingerprint density at radius 3 is 2.19 bits per heavy atom. The van der Waals surface area contributed by atoms with Crippen molar-refractivity contribution in [2.45, 2.75) is 6.92 Å². The van der Waals surface area contributed by atoms with E-state index >= 15 is 0 Å². The second-order valence-electron chi connectivity index (χ2n) is 6.77. The minimum absolute atomic E-state index is 0.119. The van der Waals surface area contributed by atoms with Crippen molar-refractivity contribution >= 4 is 23.5 Å². The van der Waals surface area contributed by atoms with Gasteiger partial charge < -0.3 is 19.6 Å². The van der Waals surface area contributed by atoms with Crippen LogP contribution in [0.1, 0.15) is 6.92 Å². The van der Waals surface area contributed by atoms with E-state index in [0.29, 0.717) is 19.0 Å². The van der Waals surface area contributed by atoms with Gasteiger partial charge in [-0.05, 0) is 12.1 Å². The number of pyridine rings is 1. The zero-order valence-corrected chi connectivity index (χ0v) is 15.5. The van der Waals surface area contributed by atoms with Crippen LogP contribution < -0.4 is 14.7 Å². The molecular formula is C18H24N8O. The molecule has 142 valence electrons. The third-order valence-corrected chi connectivity index (χ3v) is 5.12. The second-order valence-corrected chi connectivity index (χ2v) is 6.77. The molecule has 0 radical (unpaired) electrons. The molecule has 2 aliphatic heterocycles. The van der Waals surface area contributed by atoms with Gasteiger partial charge in [-0.3, -0.25) is 4.79 Å². The van der Waals surface area contributed by atoms with E-state index in [4.69, 9.17) is 4.98 Å². The van der Waals surface area contributed by atoms with Crippen LogP contribution in [0.2, 0.25) is 0 Å². The molecule has 0 atom stereocenters. The highest BCUT2D eigenvalue weighted by atomic mass is 16.2. The van der Waals surface area contributed by atoms with Gasteiger partial charge in [0.1, 0.15) is 5.82 Å². The number of hydrogen-bond donors (Lipinski definition) is 0. The Hall–Kier alpha value is -2.97. The van der Waals surface area contributed by atoms with Crippen LogP contribution in [0.15, 0.2) is 30.6 Å². The van der Waals surface area contributed by atoms with Crippen LogP contribution in [0, 0.1) is 0 Å². The fourth-order valence-electron chi connectivity index (χ4n) is 3.50. The molecule has 2 aromatic heterocycles. The van der Waals surface area contributed by atoms with Gasteiger partial charge in [0, 0.05) is 65.5 Å². The van der Waals surface area contributed by atoms with Gasteiger partial charge in [-0.1, -0.05) is 6.07 Å². The van der Waals surface area contributed by atoms with Gasteiger partial charge in [0.25, 0.3) is 0 Å². The first-order valence-corrected chi connectivity index (χ1v) is 9.32. The molecule has 27 heavy (non-hydrogen) atoms. The lowest BCUT2D eigenvalue weighted by Crippen LogP contribution is -2.49. The lowest BCUT2D eigenvalue weighted by molar-refractivity contribution is -0.129. The molecule has 1 amide bonds. The Morgan fingerprint density at radius 1 is 0.889 bits per heavy atom. The maximum Gasteiger partial charge on any atom is 0.247 e. The first kappa shape index (κ1) is 17.4. The topological polar surface area (TPSA) is 81.6 Å². The molecule has 2 aromatic rings. The summed E-state index contributed by atoms with van der Waals surface area (Å²) in [5.41, 5.74) is 0. The van der Waals surface area contributed by atoms with Gasteiger partial charge >= 0.3 is 0 Å². The summed E-state index contributed by atoms with van der Waals surface area (Å²) in [4.78, 5) is 29.1. The largest absolute Gasteiger partial charge is 0.353 e. The summed E-state index contributed by atoms with van der Waals surface area (Å²) in [5, 5.41) is 8.37. The number of nitrogens with zero attached hydrogens (tertiary/aromatic N) is 8. The SMILES string of the molecule is CC(=O)N1CCN(c2nncc(N3CCN(c4ccccn4)CC3)n2)CC1. The Balaban J connectivity index is 1.38. The molecular weight excluding hydrogens is 344 g/mol. The zero-order valence-electron chi connectivity index (χ0n) is 15.5. The van der Waals surface area contributed by atoms with Crippen molar-refractivity contribution in [1.29, 1.82) is 0 Å². The Kier molecular flexibility index (Phi) is 4.99. The number of carbonyl (C=O) groups excluding carboxylic acids is 1. The zero-order chi connectivity index (χ0) is 18.6. The molecule has 2 aliphatic rings. The van der Waals surface area contributed by atoms with Crippen LogP contribution >= 0.6 is 0 Å². The maximum absolute atomic E-state index is 11.5. The van der Waals surface area contributed by atoms with Crippen LogP contribution in [0.5, 0.6) is 0 Å². The van der Waals surface area contributed by atoms with Gasteiger partial charge in [-0.25, -0.2) is 4.98 Å². The molecule has 9 nitrogen and oxygen atoms in total. The van der Waals surface area contributed by atoms with Gasteiger partial charge in [-0.2, -0.15) is 10.1 Å². The summed E-state index contributed by atoms with van der Waals surface area (Å²) >= 11 is 0. The van der Waals surface area contributed by atoms with Crippen molar-refractivity contribution in [3.05, 3.63) is 30.6 Å². The van der Waals surface area contributed by atoms with E-state index < -0.39 is 0 Å². The van der Waals surface area contributed by atoms with Crippen molar-refractivity contribution in [3.63, 3.8) is 0 Å². The van der Waals surface area contributed by atoms with E-state index in [1.165, 1.54) is 0 Å². The molecule has 2 fully saturated rings. The lowest BCUT2D eigenvalue weighted by Gasteiger charge is -2.36. The third kappa shape index (κ3) is 3.91. The Morgan fingerprint density at radius 2 is 1.56 bits per heavy atom. The number of rotatable bonds is 3. The summed E-state index contributed by atoms with van der Waals surface area (Å²) in [6.45, 7) is 8.01. The monoisotopic (exact) mass is 368 g/mol. The lowest BCUT2D eigenvalue weighted by atomic mass is 10.3. The summed E-state index contributed by atoms with van der Waals surface area (Å²) in [5.74, 6) is 2.63. The van der Waals surface area contributed by atoms with Gasteiger partial charge in [0.15, 0.2) is 5.82 Å². The van der Waals surface area contributed by atoms with E-state index in [1.807, 2.05) is 29.3 Å². The second kappa shape index (κ2) is 7.73. The van der Waals surface area contributed by atoms with Crippen molar-refractivity contribution in [2.24, 2.45) is 0 Å². The number of piperazine rings is 2. The highest BCUT2D eigenvalue weighted by Crippen LogP contribution is 2.19. The Bertz CT molecular complexity index is 770. The number of aromatic nitrogens is 4. The van der Waals surface area contributed by atoms with Crippen LogP contribution in [-0.2, 0) is 4.79 Å². The average Bonchev–Trinajstić information content (AvgIpc) is 2.75. The number of amides is 1. The van der Waals surface area contributed by atoms with E-state index in [2.05, 4.69) is 29.9 Å². The Labute approximate surface area is 158 Å². The normalized spacial score (nSPS) is 18.0. The molecule has 0 saturated carbocycles. The number of anilines is 3. The smallest absolute Gasteiger partial charge is 0.247 e. The van der Waals surface area contributed by atoms with Crippen molar-refractivity contribution in [1.82, 2.24) is 25.1 Å². The molecule has 0 aliphatic carbocycles. The predicted octanol–water partition coefficient (Wildman–Crippen LogP) is 0.262. The molecule has 0 aromatic carbocycles. The maximum atomic E-state index is 11.5. The van der Waals surface area contributed by atoms with Crippen molar-refractivity contribution in [3.8, 4) is 0 Å². The van der Waals surface area contributed by atoms with Crippen molar-refractivity contribution < 1.29 is 4.79 Å². The van der Waals surface area contributed by atoms with E-state index in [0.717, 1.165) is 50.9 Å². The minimum Gasteiger partial charge on any atom is -0.353 e. The molecule has 0 N–H and O–H groups in total. The molecule has 0 bridgehead atoms. The van der Waals surface area contributed by atoms with Crippen LogP contribution in [0.3, 0.4) is 0 Å². The molecule has 4 rings (SSSR count). The number of hydrogen-bond acceptors (Lipinski definition) is 8. The van der Waals surface area contributed by atoms with Crippen LogP contribution in [0.25, 0.3) is 0 Å². The fraction of sp³-hybridized carbons (Fsp3) is 0.500. The summed E-state index contributed by atoms with van der Waals surface area (Å²) in [6, 6.07) is 5.99. The molecule has 0 spiro atoms. The van der Waals surface area contributed by atoms with E-state index in [1.54, 1.807) is 13.1 Å². The highest BCUT2D eigenvalue weighted by molar-refractivity contribution is 5.73. The average molecular weight is 368 g/mol. The first-order chi connectivity index (χ1) is 13.2. The van der Waals surface area contributed by atoms with Gasteiger partial charge in [0.2, 0.25) is 11.9 Å². The fourth-order valence-corrected chi connectivity index (χ4v) is 3.50.